The molecule has 10 heavy (non-hydrogen) atoms. The molecule has 1 aliphatic rings. The number of aliphatic hydroxyl groups is 1. The first-order valence-electron chi connectivity index (χ1n) is 4.00. The molecule has 0 aromatic carbocycles. The molecule has 1 atom stereocenters. The molecular weight excluding hydrogens is 124 g/mol. The van der Waals surface area contributed by atoms with E-state index < -0.39 is 0 Å². The quantitative estimate of drug-likeness (QED) is 0.594. The third kappa shape index (κ3) is 0.731. The fourth-order valence-electron chi connectivity index (χ4n) is 2.45. The van der Waals surface area contributed by atoms with E-state index in [1.165, 1.54) is 0 Å². The van der Waals surface area contributed by atoms with E-state index in [-0.39, 0.29) is 6.10 Å². The molecule has 1 aliphatic carbocycles. The van der Waals surface area contributed by atoms with Crippen LogP contribution in [0.25, 0.3) is 0 Å². The van der Waals surface area contributed by atoms with Gasteiger partial charge in [-0.3, -0.25) is 0 Å². The van der Waals surface area contributed by atoms with E-state index in [9.17, 15) is 5.11 Å². The Morgan fingerprint density at radius 2 is 1.40 bits per heavy atom. The maximum absolute atomic E-state index is 9.36. The van der Waals surface area contributed by atoms with Gasteiger partial charge in [0.05, 0.1) is 6.10 Å². The van der Waals surface area contributed by atoms with E-state index in [1.54, 1.807) is 0 Å². The van der Waals surface area contributed by atoms with Crippen molar-refractivity contribution >= 4 is 0 Å². The third-order valence-electron chi connectivity index (χ3n) is 3.61. The molecule has 0 unspecified atom stereocenters. The molecule has 1 fully saturated rings. The monoisotopic (exact) mass is 142 g/mol. The second-order valence-electron chi connectivity index (χ2n) is 4.66. The Kier molecular flexibility index (Phi) is 1.42. The molecule has 0 amide bonds. The van der Waals surface area contributed by atoms with Gasteiger partial charge in [0.1, 0.15) is 0 Å². The first kappa shape index (κ1) is 8.06. The van der Waals surface area contributed by atoms with Crippen molar-refractivity contribution in [3.05, 3.63) is 0 Å². The van der Waals surface area contributed by atoms with E-state index in [0.29, 0.717) is 16.7 Å². The number of hydrogen-bond acceptors (Lipinski definition) is 1. The summed E-state index contributed by atoms with van der Waals surface area (Å²) in [7, 11) is 0. The van der Waals surface area contributed by atoms with Crippen molar-refractivity contribution in [1.82, 2.24) is 0 Å². The molecule has 1 rings (SSSR count). The highest BCUT2D eigenvalue weighted by atomic mass is 16.3. The highest BCUT2D eigenvalue weighted by Crippen LogP contribution is 2.69. The molecule has 0 aliphatic heterocycles. The first-order chi connectivity index (χ1) is 4.32. The summed E-state index contributed by atoms with van der Waals surface area (Å²) in [4.78, 5) is 0. The minimum atomic E-state index is -0.148. The van der Waals surface area contributed by atoms with Crippen LogP contribution in [-0.4, -0.2) is 11.2 Å². The molecule has 0 aromatic rings. The smallest absolute Gasteiger partial charge is 0.0550 e. The van der Waals surface area contributed by atoms with Crippen LogP contribution in [0.3, 0.4) is 0 Å². The molecule has 1 saturated carbocycles. The predicted octanol–water partition coefficient (Wildman–Crippen LogP) is 2.05. The molecular formula is C9H18O. The zero-order valence-corrected chi connectivity index (χ0v) is 7.60. The Hall–Kier alpha value is -0.0400. The van der Waals surface area contributed by atoms with Crippen molar-refractivity contribution in [1.29, 1.82) is 0 Å². The molecule has 1 N–H and O–H groups in total. The average Bonchev–Trinajstić information content (AvgIpc) is 1.97. The summed E-state index contributed by atoms with van der Waals surface area (Å²) in [6.45, 7) is 10.8. The number of rotatable bonds is 1. The van der Waals surface area contributed by atoms with Crippen LogP contribution >= 0.6 is 0 Å². The third-order valence-corrected chi connectivity index (χ3v) is 3.61. The first-order valence-corrected chi connectivity index (χ1v) is 4.00. The van der Waals surface area contributed by atoms with Gasteiger partial charge in [0.15, 0.2) is 0 Å². The van der Waals surface area contributed by atoms with Crippen molar-refractivity contribution in [2.75, 3.05) is 0 Å². The van der Waals surface area contributed by atoms with Crippen molar-refractivity contribution in [3.8, 4) is 0 Å². The Bertz CT molecular complexity index is 131. The lowest BCUT2D eigenvalue weighted by Crippen LogP contribution is -2.08. The Morgan fingerprint density at radius 1 is 1.10 bits per heavy atom. The van der Waals surface area contributed by atoms with E-state index in [4.69, 9.17) is 0 Å². The lowest BCUT2D eigenvalue weighted by Gasteiger charge is -2.03. The minimum Gasteiger partial charge on any atom is -0.393 e. The Labute approximate surface area is 63.4 Å². The van der Waals surface area contributed by atoms with Gasteiger partial charge in [0.2, 0.25) is 0 Å². The fraction of sp³-hybridized carbons (Fsp3) is 1.00. The van der Waals surface area contributed by atoms with Crippen molar-refractivity contribution < 1.29 is 5.11 Å². The average molecular weight is 142 g/mol. The van der Waals surface area contributed by atoms with E-state index in [2.05, 4.69) is 27.7 Å². The van der Waals surface area contributed by atoms with Crippen LogP contribution in [-0.2, 0) is 0 Å². The van der Waals surface area contributed by atoms with Gasteiger partial charge in [0, 0.05) is 0 Å². The van der Waals surface area contributed by atoms with Gasteiger partial charge in [-0.25, -0.2) is 0 Å². The fourth-order valence-corrected chi connectivity index (χ4v) is 2.45. The molecule has 0 heterocycles. The number of aliphatic hydroxyl groups excluding tert-OH is 1. The van der Waals surface area contributed by atoms with Gasteiger partial charge in [-0.1, -0.05) is 27.7 Å². The lowest BCUT2D eigenvalue weighted by atomic mass is 10.0. The zero-order valence-electron chi connectivity index (χ0n) is 7.60. The van der Waals surface area contributed by atoms with Gasteiger partial charge >= 0.3 is 0 Å². The lowest BCUT2D eigenvalue weighted by molar-refractivity contribution is 0.148. The molecule has 0 saturated heterocycles. The SMILES string of the molecule is C[C@@H](O)C1C(C)(C)C1(C)C. The summed E-state index contributed by atoms with van der Waals surface area (Å²) >= 11 is 0. The topological polar surface area (TPSA) is 20.2 Å². The van der Waals surface area contributed by atoms with Crippen LogP contribution in [0.4, 0.5) is 0 Å². The van der Waals surface area contributed by atoms with E-state index in [1.807, 2.05) is 6.92 Å². The maximum atomic E-state index is 9.36. The van der Waals surface area contributed by atoms with Crippen molar-refractivity contribution in [2.45, 2.75) is 40.7 Å². The van der Waals surface area contributed by atoms with Crippen LogP contribution in [0.2, 0.25) is 0 Å². The van der Waals surface area contributed by atoms with Crippen LogP contribution in [0.15, 0.2) is 0 Å². The molecule has 0 radical (unpaired) electrons. The standard InChI is InChI=1S/C9H18O/c1-6(10)7-8(2,3)9(7,4)5/h6-7,10H,1-5H3/t6-/m1/s1. The molecule has 1 nitrogen and oxygen atoms in total. The molecule has 1 heteroatoms. The van der Waals surface area contributed by atoms with Crippen LogP contribution in [0.1, 0.15) is 34.6 Å². The normalized spacial score (nSPS) is 31.8. The summed E-state index contributed by atoms with van der Waals surface area (Å²) in [6, 6.07) is 0. The molecule has 0 bridgehead atoms. The predicted molar refractivity (Wildman–Crippen MR) is 42.7 cm³/mol. The van der Waals surface area contributed by atoms with E-state index in [0.717, 1.165) is 0 Å². The molecule has 0 aromatic heterocycles. The van der Waals surface area contributed by atoms with Gasteiger partial charge in [0.25, 0.3) is 0 Å². The second kappa shape index (κ2) is 1.76. The largest absolute Gasteiger partial charge is 0.393 e. The summed E-state index contributed by atoms with van der Waals surface area (Å²) in [5.41, 5.74) is 0.669. The highest BCUT2D eigenvalue weighted by Gasteiger charge is 2.66. The minimum absolute atomic E-state index is 0.148. The summed E-state index contributed by atoms with van der Waals surface area (Å²) in [6.07, 6.45) is -0.148. The molecule has 60 valence electrons. The zero-order chi connectivity index (χ0) is 8.15. The summed E-state index contributed by atoms with van der Waals surface area (Å²) in [5.74, 6) is 0.486. The van der Waals surface area contributed by atoms with Gasteiger partial charge < -0.3 is 5.11 Å². The summed E-state index contributed by atoms with van der Waals surface area (Å²) < 4.78 is 0. The Morgan fingerprint density at radius 3 is 1.40 bits per heavy atom. The van der Waals surface area contributed by atoms with Gasteiger partial charge in [-0.05, 0) is 23.7 Å². The highest BCUT2D eigenvalue weighted by molar-refractivity contribution is 5.13. The maximum Gasteiger partial charge on any atom is 0.0550 e. The molecule has 0 spiro atoms. The van der Waals surface area contributed by atoms with Crippen LogP contribution < -0.4 is 0 Å². The summed E-state index contributed by atoms with van der Waals surface area (Å²) in [5, 5.41) is 9.36. The second-order valence-corrected chi connectivity index (χ2v) is 4.66. The van der Waals surface area contributed by atoms with Gasteiger partial charge in [-0.2, -0.15) is 0 Å². The number of hydrogen-bond donors (Lipinski definition) is 1. The van der Waals surface area contributed by atoms with Crippen molar-refractivity contribution in [2.24, 2.45) is 16.7 Å². The van der Waals surface area contributed by atoms with E-state index >= 15 is 0 Å². The van der Waals surface area contributed by atoms with Gasteiger partial charge in [-0.15, -0.1) is 0 Å². The van der Waals surface area contributed by atoms with Crippen LogP contribution in [0.5, 0.6) is 0 Å². The van der Waals surface area contributed by atoms with Crippen molar-refractivity contribution in [3.63, 3.8) is 0 Å². The van der Waals surface area contributed by atoms with Crippen LogP contribution in [0, 0.1) is 16.7 Å². The Balaban J connectivity index is 2.72.